The Morgan fingerprint density at radius 1 is 0.327 bits per heavy atom. The third kappa shape index (κ3) is 9.99. The van der Waals surface area contributed by atoms with Crippen molar-refractivity contribution in [1.29, 1.82) is 0 Å². The molecule has 0 spiro atoms. The number of benzene rings is 6. The first-order chi connectivity index (χ1) is 27.2. The minimum absolute atomic E-state index is 0.756. The molecule has 0 saturated heterocycles. The Morgan fingerprint density at radius 2 is 0.618 bits per heavy atom. The maximum Gasteiger partial charge on any atom is 0.0896 e. The average Bonchev–Trinajstić information content (AvgIpc) is 3.80. The van der Waals surface area contributed by atoms with Crippen LogP contribution in [0.25, 0.3) is 55.0 Å². The average molecular weight is 737 g/mol. The summed E-state index contributed by atoms with van der Waals surface area (Å²) in [6.07, 6.45) is 0. The van der Waals surface area contributed by atoms with Crippen molar-refractivity contribution in [1.82, 2.24) is 9.13 Å². The van der Waals surface area contributed by atoms with E-state index in [2.05, 4.69) is 179 Å². The van der Waals surface area contributed by atoms with Gasteiger partial charge in [0.2, 0.25) is 0 Å². The molecule has 0 atom stereocenters. The second-order valence-corrected chi connectivity index (χ2v) is 11.3. The van der Waals surface area contributed by atoms with Gasteiger partial charge in [-0.1, -0.05) is 156 Å². The largest absolute Gasteiger partial charge is 0.357 e. The van der Waals surface area contributed by atoms with Crippen LogP contribution in [-0.4, -0.2) is 29.9 Å². The lowest BCUT2D eigenvalue weighted by molar-refractivity contribution is 0.856. The van der Waals surface area contributed by atoms with Crippen molar-refractivity contribution in [3.05, 3.63) is 146 Å². The molecule has 8 aromatic rings. The summed E-state index contributed by atoms with van der Waals surface area (Å²) < 4.78 is 4.73. The molecule has 2 aromatic heterocycles. The van der Waals surface area contributed by atoms with Gasteiger partial charge in [0.05, 0.1) is 28.7 Å². The van der Waals surface area contributed by atoms with Crippen molar-refractivity contribution in [2.24, 2.45) is 0 Å². The van der Waals surface area contributed by atoms with Crippen LogP contribution in [0.3, 0.4) is 0 Å². The number of aromatic nitrogens is 2. The van der Waals surface area contributed by atoms with E-state index in [0.717, 1.165) is 6.67 Å². The molecule has 8 rings (SSSR count). The Morgan fingerprint density at radius 3 is 0.964 bits per heavy atom. The van der Waals surface area contributed by atoms with Crippen LogP contribution in [0.4, 0.5) is 11.4 Å². The quantitative estimate of drug-likeness (QED) is 0.158. The number of hydrogen-bond donors (Lipinski definition) is 0. The monoisotopic (exact) mass is 737 g/mol. The predicted octanol–water partition coefficient (Wildman–Crippen LogP) is 15.6. The molecule has 4 nitrogen and oxygen atoms in total. The Balaban J connectivity index is 0.000000799. The lowest BCUT2D eigenvalue weighted by atomic mass is 10.1. The van der Waals surface area contributed by atoms with Crippen LogP contribution in [-0.2, 0) is 0 Å². The van der Waals surface area contributed by atoms with Gasteiger partial charge < -0.3 is 18.9 Å². The van der Waals surface area contributed by atoms with Gasteiger partial charge in [-0.3, -0.25) is 0 Å². The summed E-state index contributed by atoms with van der Waals surface area (Å²) >= 11 is 0. The maximum atomic E-state index is 2.36. The van der Waals surface area contributed by atoms with Crippen LogP contribution < -0.4 is 9.80 Å². The number of fused-ring (bicyclic) bond motifs is 6. The van der Waals surface area contributed by atoms with Crippen molar-refractivity contribution in [2.75, 3.05) is 30.6 Å². The van der Waals surface area contributed by atoms with E-state index in [-0.39, 0.29) is 0 Å². The topological polar surface area (TPSA) is 16.3 Å². The molecular formula is C51H68N4. The lowest BCUT2D eigenvalue weighted by Gasteiger charge is -2.28. The summed E-state index contributed by atoms with van der Waals surface area (Å²) in [5.41, 5.74) is 9.63. The predicted molar refractivity (Wildman–Crippen MR) is 251 cm³/mol. The normalized spacial score (nSPS) is 9.71. The van der Waals surface area contributed by atoms with E-state index in [1.54, 1.807) is 0 Å². The minimum atomic E-state index is 0.756. The summed E-state index contributed by atoms with van der Waals surface area (Å²) in [7, 11) is 4.35. The molecule has 2 heterocycles. The van der Waals surface area contributed by atoms with E-state index in [4.69, 9.17) is 0 Å². The molecule has 6 aromatic carbocycles. The number of nitrogens with zero attached hydrogens (tertiary/aromatic N) is 4. The zero-order chi connectivity index (χ0) is 40.9. The van der Waals surface area contributed by atoms with Crippen LogP contribution in [0.1, 0.15) is 83.1 Å². The minimum Gasteiger partial charge on any atom is -0.357 e. The molecule has 0 radical (unpaired) electrons. The Hall–Kier alpha value is -5.48. The first kappa shape index (κ1) is 45.7. The van der Waals surface area contributed by atoms with E-state index in [1.807, 2.05) is 83.1 Å². The van der Waals surface area contributed by atoms with Gasteiger partial charge in [-0.2, -0.15) is 0 Å². The first-order valence-electron chi connectivity index (χ1n) is 20.8. The number of rotatable bonds is 6. The second-order valence-electron chi connectivity index (χ2n) is 11.3. The fourth-order valence-electron chi connectivity index (χ4n) is 6.59. The Kier molecular flexibility index (Phi) is 20.0. The third-order valence-corrected chi connectivity index (χ3v) is 8.65. The molecule has 0 amide bonds. The van der Waals surface area contributed by atoms with Gasteiger partial charge in [0, 0.05) is 58.4 Å². The van der Waals surface area contributed by atoms with Crippen molar-refractivity contribution in [2.45, 2.75) is 83.1 Å². The highest BCUT2D eigenvalue weighted by atomic mass is 15.3. The highest BCUT2D eigenvalue weighted by Gasteiger charge is 2.16. The molecule has 0 aliphatic carbocycles. The van der Waals surface area contributed by atoms with Gasteiger partial charge in [-0.05, 0) is 72.8 Å². The van der Waals surface area contributed by atoms with Gasteiger partial charge in [0.15, 0.2) is 0 Å². The Bertz CT molecular complexity index is 2080. The second kappa shape index (κ2) is 24.0. The molecule has 292 valence electrons. The van der Waals surface area contributed by atoms with Gasteiger partial charge in [-0.25, -0.2) is 0 Å². The molecule has 0 bridgehead atoms. The van der Waals surface area contributed by atoms with Crippen LogP contribution >= 0.6 is 0 Å². The molecule has 4 heteroatoms. The third-order valence-electron chi connectivity index (χ3n) is 8.65. The van der Waals surface area contributed by atoms with Crippen LogP contribution in [0, 0.1) is 0 Å². The lowest BCUT2D eigenvalue weighted by Crippen LogP contribution is -2.32. The zero-order valence-electron chi connectivity index (χ0n) is 36.4. The van der Waals surface area contributed by atoms with Crippen LogP contribution in [0.15, 0.2) is 146 Å². The van der Waals surface area contributed by atoms with Crippen molar-refractivity contribution in [3.63, 3.8) is 0 Å². The highest BCUT2D eigenvalue weighted by Crippen LogP contribution is 2.36. The molecule has 0 unspecified atom stereocenters. The molecule has 0 N–H and O–H groups in total. The highest BCUT2D eigenvalue weighted by molar-refractivity contribution is 6.11. The van der Waals surface area contributed by atoms with Crippen LogP contribution in [0.5, 0.6) is 0 Å². The molecule has 0 saturated carbocycles. The van der Waals surface area contributed by atoms with Crippen molar-refractivity contribution >= 4 is 55.0 Å². The summed E-state index contributed by atoms with van der Waals surface area (Å²) in [6.45, 7) is 24.8. The molecule has 0 aliphatic rings. The maximum absolute atomic E-state index is 2.36. The van der Waals surface area contributed by atoms with E-state index >= 15 is 0 Å². The fraction of sp³-hybridized carbons (Fsp3) is 0.294. The van der Waals surface area contributed by atoms with Gasteiger partial charge in [0.1, 0.15) is 0 Å². The van der Waals surface area contributed by atoms with Crippen LogP contribution in [0.2, 0.25) is 0 Å². The van der Waals surface area contributed by atoms with Crippen molar-refractivity contribution < 1.29 is 0 Å². The smallest absolute Gasteiger partial charge is 0.0896 e. The summed E-state index contributed by atoms with van der Waals surface area (Å²) in [5, 5.41) is 5.07. The van der Waals surface area contributed by atoms with E-state index in [0.29, 0.717) is 0 Å². The SMILES string of the molecule is CC.CC.CC.CC.CC.CC.CN(CN(C)c1ccc2c(c1)c1ccccc1n2-c1ccccc1)c1ccc2c(c1)c1ccccc1n2-c1ccccc1. The van der Waals surface area contributed by atoms with Crippen molar-refractivity contribution in [3.8, 4) is 11.4 Å². The van der Waals surface area contributed by atoms with E-state index < -0.39 is 0 Å². The van der Waals surface area contributed by atoms with Gasteiger partial charge in [-0.15, -0.1) is 0 Å². The Labute approximate surface area is 333 Å². The fourth-order valence-corrected chi connectivity index (χ4v) is 6.59. The first-order valence-corrected chi connectivity index (χ1v) is 20.8. The zero-order valence-corrected chi connectivity index (χ0v) is 36.4. The summed E-state index contributed by atoms with van der Waals surface area (Å²) in [5.74, 6) is 0. The van der Waals surface area contributed by atoms with E-state index in [1.165, 1.54) is 66.4 Å². The molecule has 0 aliphatic heterocycles. The number of hydrogen-bond acceptors (Lipinski definition) is 2. The van der Waals surface area contributed by atoms with E-state index in [9.17, 15) is 0 Å². The molecular weight excluding hydrogens is 669 g/mol. The standard InChI is InChI=1S/C39H32N4.6C2H6/c1-40(30-21-23-38-34(25-30)32-17-9-11-19-36(32)42(38)28-13-5-3-6-14-28)27-41(2)31-22-24-39-35(26-31)33-18-10-12-20-37(33)43(39)29-15-7-4-8-16-29;6*1-2/h3-26H,27H2,1-2H3;6*1-2H3. The molecule has 55 heavy (non-hydrogen) atoms. The summed E-state index contributed by atoms with van der Waals surface area (Å²) in [4.78, 5) is 4.65. The number of para-hydroxylation sites is 4. The van der Waals surface area contributed by atoms with Gasteiger partial charge in [0.25, 0.3) is 0 Å². The number of anilines is 2. The van der Waals surface area contributed by atoms with Gasteiger partial charge >= 0.3 is 0 Å². The summed E-state index contributed by atoms with van der Waals surface area (Å²) in [6, 6.07) is 52.3. The molecule has 0 fully saturated rings.